The minimum absolute atomic E-state index is 0.0108. The number of benzene rings is 1. The van der Waals surface area contributed by atoms with Crippen LogP contribution in [0.4, 0.5) is 0 Å². The number of nitrogens with one attached hydrogen (secondary N) is 2. The first-order valence-electron chi connectivity index (χ1n) is 4.98. The fraction of sp³-hybridized carbons (Fsp3) is 0.400. The van der Waals surface area contributed by atoms with Crippen LogP contribution < -0.4 is 10.0 Å². The highest BCUT2D eigenvalue weighted by Gasteiger charge is 2.25. The summed E-state index contributed by atoms with van der Waals surface area (Å²) in [5.41, 5.74) is 0.698. The molecule has 2 rings (SSSR count). The average Bonchev–Trinajstić information content (AvgIpc) is 2.16. The number of rotatable bonds is 3. The summed E-state index contributed by atoms with van der Waals surface area (Å²) in [5, 5.41) is 3.44. The van der Waals surface area contributed by atoms with E-state index in [1.165, 1.54) is 6.07 Å². The molecule has 1 aliphatic rings. The quantitative estimate of drug-likeness (QED) is 0.849. The summed E-state index contributed by atoms with van der Waals surface area (Å²) >= 11 is 5.80. The summed E-state index contributed by atoms with van der Waals surface area (Å²) in [6.45, 7) is 3.11. The van der Waals surface area contributed by atoms with Crippen molar-refractivity contribution in [2.75, 3.05) is 13.1 Å². The fourth-order valence-corrected chi connectivity index (χ4v) is 3.26. The zero-order valence-electron chi connectivity index (χ0n) is 8.83. The molecule has 88 valence electrons. The van der Waals surface area contributed by atoms with Gasteiger partial charge in [0.15, 0.2) is 0 Å². The van der Waals surface area contributed by atoms with Crippen LogP contribution in [0.3, 0.4) is 0 Å². The summed E-state index contributed by atoms with van der Waals surface area (Å²) in [5.74, 6) is 0. The third-order valence-electron chi connectivity index (χ3n) is 2.54. The van der Waals surface area contributed by atoms with Gasteiger partial charge in [-0.2, -0.15) is 0 Å². The van der Waals surface area contributed by atoms with Gasteiger partial charge in [0.2, 0.25) is 10.0 Å². The van der Waals surface area contributed by atoms with Gasteiger partial charge in [-0.3, -0.25) is 0 Å². The van der Waals surface area contributed by atoms with Gasteiger partial charge in [-0.25, -0.2) is 13.1 Å². The summed E-state index contributed by atoms with van der Waals surface area (Å²) in [6.07, 6.45) is 0. The predicted molar refractivity (Wildman–Crippen MR) is 63.2 cm³/mol. The van der Waals surface area contributed by atoms with Gasteiger partial charge in [0, 0.05) is 24.2 Å². The van der Waals surface area contributed by atoms with Crippen molar-refractivity contribution in [2.24, 2.45) is 0 Å². The highest BCUT2D eigenvalue weighted by atomic mass is 35.5. The molecule has 0 radical (unpaired) electrons. The van der Waals surface area contributed by atoms with Crippen LogP contribution >= 0.6 is 11.6 Å². The topological polar surface area (TPSA) is 58.2 Å². The maximum Gasteiger partial charge on any atom is 0.241 e. The van der Waals surface area contributed by atoms with Crippen molar-refractivity contribution >= 4 is 21.6 Å². The van der Waals surface area contributed by atoms with E-state index in [4.69, 9.17) is 11.6 Å². The van der Waals surface area contributed by atoms with Gasteiger partial charge in [0.1, 0.15) is 0 Å². The number of hydrogen-bond donors (Lipinski definition) is 2. The van der Waals surface area contributed by atoms with Crippen LogP contribution in [0.15, 0.2) is 23.1 Å². The summed E-state index contributed by atoms with van der Waals surface area (Å²) in [6, 6.07) is 4.85. The molecule has 1 saturated heterocycles. The molecule has 0 amide bonds. The first kappa shape index (κ1) is 11.9. The van der Waals surface area contributed by atoms with Crippen LogP contribution in [0.2, 0.25) is 5.02 Å². The lowest BCUT2D eigenvalue weighted by molar-refractivity contribution is 0.410. The minimum atomic E-state index is -3.45. The van der Waals surface area contributed by atoms with Crippen molar-refractivity contribution in [3.8, 4) is 0 Å². The Morgan fingerprint density at radius 2 is 2.12 bits per heavy atom. The molecule has 0 aromatic heterocycles. The van der Waals surface area contributed by atoms with Gasteiger partial charge >= 0.3 is 0 Å². The third-order valence-corrected chi connectivity index (χ3v) is 4.44. The lowest BCUT2D eigenvalue weighted by Gasteiger charge is -2.27. The van der Waals surface area contributed by atoms with E-state index in [9.17, 15) is 8.42 Å². The van der Waals surface area contributed by atoms with Crippen LogP contribution in [-0.4, -0.2) is 27.5 Å². The normalized spacial score (nSPS) is 17.1. The van der Waals surface area contributed by atoms with Crippen LogP contribution in [0.5, 0.6) is 0 Å². The Morgan fingerprint density at radius 3 is 2.69 bits per heavy atom. The van der Waals surface area contributed by atoms with Gasteiger partial charge in [-0.1, -0.05) is 17.7 Å². The largest absolute Gasteiger partial charge is 0.313 e. The Labute approximate surface area is 100 Å². The Balaban J connectivity index is 2.30. The van der Waals surface area contributed by atoms with E-state index >= 15 is 0 Å². The Bertz CT molecular complexity index is 498. The second-order valence-electron chi connectivity index (χ2n) is 3.89. The van der Waals surface area contributed by atoms with Crippen molar-refractivity contribution in [3.05, 3.63) is 28.8 Å². The lowest BCUT2D eigenvalue weighted by Crippen LogP contribution is -2.56. The molecule has 0 saturated carbocycles. The second kappa shape index (κ2) is 4.33. The van der Waals surface area contributed by atoms with E-state index in [2.05, 4.69) is 10.0 Å². The maximum absolute atomic E-state index is 12.0. The van der Waals surface area contributed by atoms with Crippen LogP contribution in [0.25, 0.3) is 0 Å². The number of hydrogen-bond acceptors (Lipinski definition) is 3. The van der Waals surface area contributed by atoms with Crippen LogP contribution in [0.1, 0.15) is 5.56 Å². The average molecular weight is 261 g/mol. The van der Waals surface area contributed by atoms with E-state index in [0.717, 1.165) is 0 Å². The van der Waals surface area contributed by atoms with Gasteiger partial charge in [-0.15, -0.1) is 0 Å². The smallest absolute Gasteiger partial charge is 0.241 e. The molecule has 1 aliphatic heterocycles. The van der Waals surface area contributed by atoms with Gasteiger partial charge in [-0.05, 0) is 24.6 Å². The molecule has 2 N–H and O–H groups in total. The standard InChI is InChI=1S/C10H13ClN2O2S/c1-7-2-3-8(11)4-10(7)16(14,15)13-9-5-12-6-9/h2-4,9,12-13H,5-6H2,1H3. The minimum Gasteiger partial charge on any atom is -0.313 e. The van der Waals surface area contributed by atoms with Crippen molar-refractivity contribution < 1.29 is 8.42 Å². The number of halogens is 1. The van der Waals surface area contributed by atoms with Crippen molar-refractivity contribution in [2.45, 2.75) is 17.9 Å². The molecule has 1 heterocycles. The molecule has 0 spiro atoms. The summed E-state index contributed by atoms with van der Waals surface area (Å²) in [4.78, 5) is 0.256. The number of sulfonamides is 1. The molecule has 16 heavy (non-hydrogen) atoms. The van der Waals surface area contributed by atoms with Crippen LogP contribution in [0, 0.1) is 6.92 Å². The molecule has 0 atom stereocenters. The van der Waals surface area contributed by atoms with Crippen molar-refractivity contribution in [3.63, 3.8) is 0 Å². The first-order chi connectivity index (χ1) is 7.49. The zero-order valence-corrected chi connectivity index (χ0v) is 10.4. The maximum atomic E-state index is 12.0. The zero-order chi connectivity index (χ0) is 11.8. The highest BCUT2D eigenvalue weighted by molar-refractivity contribution is 7.89. The van der Waals surface area contributed by atoms with Crippen molar-refractivity contribution in [1.29, 1.82) is 0 Å². The van der Waals surface area contributed by atoms with E-state index in [0.29, 0.717) is 23.7 Å². The lowest BCUT2D eigenvalue weighted by atomic mass is 10.2. The molecule has 0 bridgehead atoms. The molecule has 1 aromatic carbocycles. The molecule has 0 unspecified atom stereocenters. The summed E-state index contributed by atoms with van der Waals surface area (Å²) in [7, 11) is -3.45. The predicted octanol–water partition coefficient (Wildman–Crippen LogP) is 0.899. The molecule has 6 heteroatoms. The fourth-order valence-electron chi connectivity index (χ4n) is 1.52. The van der Waals surface area contributed by atoms with Crippen LogP contribution in [-0.2, 0) is 10.0 Å². The monoisotopic (exact) mass is 260 g/mol. The summed E-state index contributed by atoms with van der Waals surface area (Å²) < 4.78 is 26.6. The second-order valence-corrected chi connectivity index (χ2v) is 6.01. The SMILES string of the molecule is Cc1ccc(Cl)cc1S(=O)(=O)NC1CNC1. The Morgan fingerprint density at radius 1 is 1.44 bits per heavy atom. The molecular formula is C10H13ClN2O2S. The van der Waals surface area contributed by atoms with E-state index in [-0.39, 0.29) is 10.9 Å². The molecular weight excluding hydrogens is 248 g/mol. The van der Waals surface area contributed by atoms with Gasteiger partial charge in [0.25, 0.3) is 0 Å². The molecule has 1 fully saturated rings. The Kier molecular flexibility index (Phi) is 3.21. The van der Waals surface area contributed by atoms with E-state index in [1.807, 2.05) is 0 Å². The molecule has 1 aromatic rings. The molecule has 0 aliphatic carbocycles. The third kappa shape index (κ3) is 2.38. The number of aryl methyl sites for hydroxylation is 1. The van der Waals surface area contributed by atoms with Gasteiger partial charge < -0.3 is 5.32 Å². The Hall–Kier alpha value is -0.620. The van der Waals surface area contributed by atoms with Crippen molar-refractivity contribution in [1.82, 2.24) is 10.0 Å². The van der Waals surface area contributed by atoms with E-state index < -0.39 is 10.0 Å². The first-order valence-corrected chi connectivity index (χ1v) is 6.84. The van der Waals surface area contributed by atoms with Gasteiger partial charge in [0.05, 0.1) is 4.90 Å². The molecule has 4 nitrogen and oxygen atoms in total. The highest BCUT2D eigenvalue weighted by Crippen LogP contribution is 2.20. The van der Waals surface area contributed by atoms with E-state index in [1.54, 1.807) is 19.1 Å².